The van der Waals surface area contributed by atoms with Crippen LogP contribution in [-0.4, -0.2) is 9.55 Å². The lowest BCUT2D eigenvalue weighted by atomic mass is 9.99. The van der Waals surface area contributed by atoms with E-state index in [1.54, 1.807) is 0 Å². The van der Waals surface area contributed by atoms with Crippen molar-refractivity contribution in [1.29, 1.82) is 0 Å². The number of thiophene rings is 1. The Morgan fingerprint density at radius 2 is 1.11 bits per heavy atom. The summed E-state index contributed by atoms with van der Waals surface area (Å²) in [4.78, 5) is 4.69. The van der Waals surface area contributed by atoms with Gasteiger partial charge in [0.2, 0.25) is 0 Å². The van der Waals surface area contributed by atoms with Gasteiger partial charge in [0, 0.05) is 48.4 Å². The molecule has 3 aromatic heterocycles. The number of pyridine rings is 1. The van der Waals surface area contributed by atoms with E-state index < -0.39 is 0 Å². The molecule has 0 bridgehead atoms. The van der Waals surface area contributed by atoms with Crippen LogP contribution in [-0.2, 0) is 0 Å². The standard InChI is InChI=1S/C41H26N2S/c1-3-9-27(10-4-1)31-23-24-42-36(25-31)29-17-15-28(16-18-29)30-19-20-35-38(26-30)43(32-11-5-2-6-12-32)37-22-21-34-33-13-7-8-14-39(33)44-41(34)40(35)37/h1-26H. The Kier molecular flexibility index (Phi) is 5.71. The zero-order valence-corrected chi connectivity index (χ0v) is 24.6. The zero-order chi connectivity index (χ0) is 29.0. The van der Waals surface area contributed by atoms with Gasteiger partial charge in [-0.15, -0.1) is 11.3 Å². The van der Waals surface area contributed by atoms with Gasteiger partial charge in [-0.05, 0) is 64.7 Å². The maximum Gasteiger partial charge on any atom is 0.0708 e. The molecule has 0 atom stereocenters. The number of aromatic nitrogens is 2. The fourth-order valence-corrected chi connectivity index (χ4v) is 7.81. The molecule has 9 rings (SSSR count). The number of hydrogen-bond donors (Lipinski definition) is 0. The van der Waals surface area contributed by atoms with E-state index in [0.717, 1.165) is 11.3 Å². The van der Waals surface area contributed by atoms with Crippen molar-refractivity contribution in [1.82, 2.24) is 9.55 Å². The van der Waals surface area contributed by atoms with E-state index in [-0.39, 0.29) is 0 Å². The van der Waals surface area contributed by atoms with E-state index >= 15 is 0 Å². The van der Waals surface area contributed by atoms with Gasteiger partial charge in [0.05, 0.1) is 16.7 Å². The molecule has 0 radical (unpaired) electrons. The summed E-state index contributed by atoms with van der Waals surface area (Å²) >= 11 is 1.89. The number of rotatable bonds is 4. The topological polar surface area (TPSA) is 17.8 Å². The summed E-state index contributed by atoms with van der Waals surface area (Å²) in [5.74, 6) is 0. The summed E-state index contributed by atoms with van der Waals surface area (Å²) in [5.41, 5.74) is 10.5. The van der Waals surface area contributed by atoms with Gasteiger partial charge in [-0.25, -0.2) is 0 Å². The molecule has 0 aliphatic heterocycles. The van der Waals surface area contributed by atoms with Gasteiger partial charge in [-0.2, -0.15) is 0 Å². The number of benzene rings is 6. The molecule has 0 unspecified atom stereocenters. The van der Waals surface area contributed by atoms with Gasteiger partial charge >= 0.3 is 0 Å². The Balaban J connectivity index is 1.19. The lowest BCUT2D eigenvalue weighted by Gasteiger charge is -2.10. The molecular weight excluding hydrogens is 553 g/mol. The molecule has 3 heterocycles. The van der Waals surface area contributed by atoms with Crippen molar-refractivity contribution in [2.45, 2.75) is 0 Å². The van der Waals surface area contributed by atoms with Gasteiger partial charge in [-0.3, -0.25) is 4.98 Å². The first kappa shape index (κ1) is 25.0. The minimum Gasteiger partial charge on any atom is -0.309 e. The van der Waals surface area contributed by atoms with Crippen molar-refractivity contribution in [3.05, 3.63) is 158 Å². The third kappa shape index (κ3) is 3.98. The predicted octanol–water partition coefficient (Wildman–Crippen LogP) is 11.5. The average molecular weight is 579 g/mol. The van der Waals surface area contributed by atoms with Crippen LogP contribution in [0.3, 0.4) is 0 Å². The van der Waals surface area contributed by atoms with E-state index in [2.05, 4.69) is 155 Å². The smallest absolute Gasteiger partial charge is 0.0708 e. The third-order valence-electron chi connectivity index (χ3n) is 8.67. The molecule has 2 nitrogen and oxygen atoms in total. The molecule has 206 valence electrons. The maximum atomic E-state index is 4.69. The molecule has 3 heteroatoms. The van der Waals surface area contributed by atoms with E-state index in [4.69, 9.17) is 0 Å². The second-order valence-electron chi connectivity index (χ2n) is 11.2. The molecule has 0 N–H and O–H groups in total. The summed E-state index contributed by atoms with van der Waals surface area (Å²) in [6.45, 7) is 0. The minimum atomic E-state index is 0.977. The van der Waals surface area contributed by atoms with Crippen LogP contribution in [0.1, 0.15) is 0 Å². The maximum absolute atomic E-state index is 4.69. The first-order valence-corrected chi connectivity index (χ1v) is 15.7. The van der Waals surface area contributed by atoms with Crippen LogP contribution in [0.5, 0.6) is 0 Å². The Hall–Kier alpha value is -5.51. The zero-order valence-electron chi connectivity index (χ0n) is 23.8. The lowest BCUT2D eigenvalue weighted by Crippen LogP contribution is -1.93. The largest absolute Gasteiger partial charge is 0.309 e. The summed E-state index contributed by atoms with van der Waals surface area (Å²) < 4.78 is 5.10. The van der Waals surface area contributed by atoms with Crippen LogP contribution in [0.2, 0.25) is 0 Å². The second kappa shape index (κ2) is 10.0. The molecule has 44 heavy (non-hydrogen) atoms. The van der Waals surface area contributed by atoms with Crippen LogP contribution in [0, 0.1) is 0 Å². The molecule has 0 amide bonds. The molecule has 0 spiro atoms. The van der Waals surface area contributed by atoms with Crippen LogP contribution in [0.25, 0.3) is 81.2 Å². The Labute approximate surface area is 259 Å². The number of fused-ring (bicyclic) bond motifs is 7. The van der Waals surface area contributed by atoms with Crippen molar-refractivity contribution >= 4 is 53.3 Å². The van der Waals surface area contributed by atoms with Crippen molar-refractivity contribution in [2.75, 3.05) is 0 Å². The van der Waals surface area contributed by atoms with Crippen LogP contribution in [0.4, 0.5) is 0 Å². The van der Waals surface area contributed by atoms with Gasteiger partial charge in [-0.1, -0.05) is 109 Å². The van der Waals surface area contributed by atoms with E-state index in [1.807, 2.05) is 23.6 Å². The summed E-state index contributed by atoms with van der Waals surface area (Å²) in [6.07, 6.45) is 1.90. The normalized spacial score (nSPS) is 11.6. The molecule has 0 aliphatic carbocycles. The summed E-state index contributed by atoms with van der Waals surface area (Å²) in [7, 11) is 0. The third-order valence-corrected chi connectivity index (χ3v) is 9.87. The molecule has 0 saturated heterocycles. The Bertz CT molecular complexity index is 2470. The highest BCUT2D eigenvalue weighted by Gasteiger charge is 2.18. The first-order chi connectivity index (χ1) is 21.8. The van der Waals surface area contributed by atoms with Crippen molar-refractivity contribution in [3.63, 3.8) is 0 Å². The van der Waals surface area contributed by atoms with Crippen molar-refractivity contribution in [2.24, 2.45) is 0 Å². The molecule has 0 fully saturated rings. The average Bonchev–Trinajstić information content (AvgIpc) is 3.64. The van der Waals surface area contributed by atoms with Gasteiger partial charge in [0.15, 0.2) is 0 Å². The van der Waals surface area contributed by atoms with E-state index in [1.165, 1.54) is 69.9 Å². The SMILES string of the molecule is c1ccc(-c2ccnc(-c3ccc(-c4ccc5c6c7sc8ccccc8c7ccc6n(-c6ccccc6)c5c4)cc3)c2)cc1. The molecular formula is C41H26N2S. The molecule has 9 aromatic rings. The number of para-hydroxylation sites is 1. The number of hydrogen-bond acceptors (Lipinski definition) is 2. The van der Waals surface area contributed by atoms with Gasteiger partial charge in [0.1, 0.15) is 0 Å². The fraction of sp³-hybridized carbons (Fsp3) is 0. The number of nitrogens with zero attached hydrogens (tertiary/aromatic N) is 2. The first-order valence-electron chi connectivity index (χ1n) is 14.9. The fourth-order valence-electron chi connectivity index (χ4n) is 6.55. The molecule has 0 saturated carbocycles. The summed E-state index contributed by atoms with van der Waals surface area (Å²) in [6, 6.07) is 54.5. The van der Waals surface area contributed by atoms with Crippen LogP contribution >= 0.6 is 11.3 Å². The Morgan fingerprint density at radius 1 is 0.455 bits per heavy atom. The molecule has 0 aliphatic rings. The second-order valence-corrected chi connectivity index (χ2v) is 12.3. The minimum absolute atomic E-state index is 0.977. The lowest BCUT2D eigenvalue weighted by molar-refractivity contribution is 1.18. The molecule has 6 aromatic carbocycles. The van der Waals surface area contributed by atoms with E-state index in [0.29, 0.717) is 0 Å². The van der Waals surface area contributed by atoms with Gasteiger partial charge < -0.3 is 4.57 Å². The Morgan fingerprint density at radius 3 is 1.95 bits per heavy atom. The highest BCUT2D eigenvalue weighted by Crippen LogP contribution is 2.44. The van der Waals surface area contributed by atoms with Gasteiger partial charge in [0.25, 0.3) is 0 Å². The highest BCUT2D eigenvalue weighted by atomic mass is 32.1. The van der Waals surface area contributed by atoms with E-state index in [9.17, 15) is 0 Å². The highest BCUT2D eigenvalue weighted by molar-refractivity contribution is 7.26. The quantitative estimate of drug-likeness (QED) is 0.203. The van der Waals surface area contributed by atoms with Crippen molar-refractivity contribution in [3.8, 4) is 39.2 Å². The monoisotopic (exact) mass is 578 g/mol. The predicted molar refractivity (Wildman–Crippen MR) is 188 cm³/mol. The van der Waals surface area contributed by atoms with Crippen molar-refractivity contribution < 1.29 is 0 Å². The summed E-state index contributed by atoms with van der Waals surface area (Å²) in [5, 5.41) is 5.27. The van der Waals surface area contributed by atoms with Crippen LogP contribution < -0.4 is 0 Å². The van der Waals surface area contributed by atoms with Crippen LogP contribution in [0.15, 0.2) is 158 Å².